The summed E-state index contributed by atoms with van der Waals surface area (Å²) in [7, 11) is 0. The topological polar surface area (TPSA) is 57.3 Å². The fraction of sp³-hybridized carbons (Fsp3) is 0.368. The Labute approximate surface area is 143 Å². The predicted octanol–water partition coefficient (Wildman–Crippen LogP) is 3.57. The Morgan fingerprint density at radius 1 is 1.12 bits per heavy atom. The van der Waals surface area contributed by atoms with Crippen LogP contribution < -0.4 is 15.5 Å². The molecule has 2 heterocycles. The van der Waals surface area contributed by atoms with E-state index in [9.17, 15) is 4.79 Å². The molecule has 1 aromatic heterocycles. The van der Waals surface area contributed by atoms with Gasteiger partial charge < -0.3 is 15.5 Å². The van der Waals surface area contributed by atoms with Crippen molar-refractivity contribution in [2.24, 2.45) is 0 Å². The van der Waals surface area contributed by atoms with E-state index < -0.39 is 0 Å². The van der Waals surface area contributed by atoms with Crippen LogP contribution in [-0.2, 0) is 0 Å². The number of hydrogen-bond acceptors (Lipinski definition) is 4. The Hall–Kier alpha value is -2.56. The van der Waals surface area contributed by atoms with Gasteiger partial charge in [-0.25, -0.2) is 0 Å². The molecular formula is C19H24N4O. The number of carbonyl (C=O) groups is 1. The van der Waals surface area contributed by atoms with E-state index in [4.69, 9.17) is 0 Å². The summed E-state index contributed by atoms with van der Waals surface area (Å²) < 4.78 is 0. The Kier molecular flexibility index (Phi) is 5.31. The van der Waals surface area contributed by atoms with Crippen LogP contribution in [0.5, 0.6) is 0 Å². The number of amides is 1. The second-order valence-corrected chi connectivity index (χ2v) is 6.05. The van der Waals surface area contributed by atoms with Gasteiger partial charge >= 0.3 is 0 Å². The summed E-state index contributed by atoms with van der Waals surface area (Å²) in [6, 6.07) is 12.1. The lowest BCUT2D eigenvalue weighted by Gasteiger charge is -2.18. The van der Waals surface area contributed by atoms with Crippen LogP contribution in [0.25, 0.3) is 0 Å². The summed E-state index contributed by atoms with van der Waals surface area (Å²) in [6.07, 6.45) is 5.12. The summed E-state index contributed by atoms with van der Waals surface area (Å²) in [5.74, 6) is -0.134. The summed E-state index contributed by atoms with van der Waals surface area (Å²) >= 11 is 0. The van der Waals surface area contributed by atoms with Crippen LogP contribution in [-0.4, -0.2) is 30.5 Å². The van der Waals surface area contributed by atoms with E-state index in [0.717, 1.165) is 30.9 Å². The number of hydrogen-bond donors (Lipinski definition) is 2. The first-order valence-electron chi connectivity index (χ1n) is 8.62. The highest BCUT2D eigenvalue weighted by atomic mass is 16.1. The summed E-state index contributed by atoms with van der Waals surface area (Å²) in [4.78, 5) is 18.5. The second-order valence-electron chi connectivity index (χ2n) is 6.05. The van der Waals surface area contributed by atoms with E-state index in [1.807, 2.05) is 13.0 Å². The van der Waals surface area contributed by atoms with E-state index in [1.54, 1.807) is 12.3 Å². The number of rotatable bonds is 6. The van der Waals surface area contributed by atoms with Gasteiger partial charge in [0.15, 0.2) is 0 Å². The van der Waals surface area contributed by atoms with Crippen molar-refractivity contribution in [2.75, 3.05) is 29.9 Å². The maximum absolute atomic E-state index is 12.0. The van der Waals surface area contributed by atoms with E-state index >= 15 is 0 Å². The predicted molar refractivity (Wildman–Crippen MR) is 98.0 cm³/mol. The summed E-state index contributed by atoms with van der Waals surface area (Å²) in [5.41, 5.74) is 3.57. The zero-order valence-electron chi connectivity index (χ0n) is 14.1. The zero-order valence-corrected chi connectivity index (χ0v) is 14.1. The molecule has 24 heavy (non-hydrogen) atoms. The normalized spacial score (nSPS) is 13.8. The van der Waals surface area contributed by atoms with Crippen LogP contribution >= 0.6 is 0 Å². The minimum atomic E-state index is -0.134. The molecule has 1 aliphatic heterocycles. The largest absolute Gasteiger partial charge is 0.372 e. The minimum absolute atomic E-state index is 0.134. The molecule has 1 aliphatic rings. The first-order valence-corrected chi connectivity index (χ1v) is 8.62. The molecule has 0 saturated carbocycles. The maximum Gasteiger partial charge on any atom is 0.269 e. The van der Waals surface area contributed by atoms with E-state index in [2.05, 4.69) is 44.8 Å². The quantitative estimate of drug-likeness (QED) is 0.853. The highest BCUT2D eigenvalue weighted by Gasteiger charge is 2.12. The Morgan fingerprint density at radius 3 is 2.58 bits per heavy atom. The smallest absolute Gasteiger partial charge is 0.269 e. The number of nitrogens with zero attached hydrogens (tertiary/aromatic N) is 2. The third kappa shape index (κ3) is 4.04. The Bertz CT molecular complexity index is 678. The molecule has 5 heteroatoms. The number of carbonyl (C=O) groups excluding carboxylic acids is 1. The first-order chi connectivity index (χ1) is 11.8. The van der Waals surface area contributed by atoms with E-state index in [1.165, 1.54) is 18.5 Å². The van der Waals surface area contributed by atoms with Crippen molar-refractivity contribution in [1.82, 2.24) is 10.3 Å². The van der Waals surface area contributed by atoms with E-state index in [0.29, 0.717) is 12.2 Å². The van der Waals surface area contributed by atoms with Gasteiger partial charge in [0.2, 0.25) is 0 Å². The highest BCUT2D eigenvalue weighted by Crippen LogP contribution is 2.24. The average molecular weight is 324 g/mol. The summed E-state index contributed by atoms with van der Waals surface area (Å²) in [5, 5.41) is 6.18. The molecule has 0 unspecified atom stereocenters. The lowest BCUT2D eigenvalue weighted by atomic mass is 10.2. The van der Waals surface area contributed by atoms with Crippen LogP contribution in [0.1, 0.15) is 36.7 Å². The molecular weight excluding hydrogens is 300 g/mol. The van der Waals surface area contributed by atoms with Gasteiger partial charge in [0, 0.05) is 42.9 Å². The molecule has 0 spiro atoms. The van der Waals surface area contributed by atoms with Crippen LogP contribution in [0.2, 0.25) is 0 Å². The van der Waals surface area contributed by atoms with Gasteiger partial charge in [0.1, 0.15) is 5.69 Å². The first kappa shape index (κ1) is 16.3. The van der Waals surface area contributed by atoms with Gasteiger partial charge in [0.25, 0.3) is 5.91 Å². The molecule has 1 fully saturated rings. The number of pyridine rings is 1. The Balaban J connectivity index is 1.66. The van der Waals surface area contributed by atoms with Crippen molar-refractivity contribution in [1.29, 1.82) is 0 Å². The van der Waals surface area contributed by atoms with Gasteiger partial charge in [-0.2, -0.15) is 0 Å². The maximum atomic E-state index is 12.0. The molecule has 0 radical (unpaired) electrons. The van der Waals surface area contributed by atoms with Gasteiger partial charge in [-0.3, -0.25) is 9.78 Å². The van der Waals surface area contributed by atoms with Crippen molar-refractivity contribution in [2.45, 2.75) is 26.2 Å². The van der Waals surface area contributed by atoms with Crippen LogP contribution in [0.3, 0.4) is 0 Å². The molecule has 2 N–H and O–H groups in total. The third-order valence-electron chi connectivity index (χ3n) is 4.16. The zero-order chi connectivity index (χ0) is 16.8. The van der Waals surface area contributed by atoms with Crippen molar-refractivity contribution < 1.29 is 4.79 Å². The number of aromatic nitrogens is 1. The van der Waals surface area contributed by atoms with Crippen LogP contribution in [0, 0.1) is 0 Å². The Morgan fingerprint density at radius 2 is 1.88 bits per heavy atom. The fourth-order valence-electron chi connectivity index (χ4n) is 2.86. The SMILES string of the molecule is CCCNC(=O)c1cc(Nc2ccc(N3CCCC3)cc2)ccn1. The van der Waals surface area contributed by atoms with Crippen LogP contribution in [0.15, 0.2) is 42.6 Å². The van der Waals surface area contributed by atoms with Crippen molar-refractivity contribution >= 4 is 23.0 Å². The lowest BCUT2D eigenvalue weighted by Crippen LogP contribution is -2.24. The average Bonchev–Trinajstić information content (AvgIpc) is 3.15. The van der Waals surface area contributed by atoms with Crippen molar-refractivity contribution in [3.63, 3.8) is 0 Å². The molecule has 2 aromatic rings. The fourth-order valence-corrected chi connectivity index (χ4v) is 2.86. The molecule has 0 atom stereocenters. The second kappa shape index (κ2) is 7.81. The monoisotopic (exact) mass is 324 g/mol. The number of anilines is 3. The number of benzene rings is 1. The highest BCUT2D eigenvalue weighted by molar-refractivity contribution is 5.93. The van der Waals surface area contributed by atoms with Crippen LogP contribution in [0.4, 0.5) is 17.1 Å². The van der Waals surface area contributed by atoms with Crippen molar-refractivity contribution in [3.05, 3.63) is 48.3 Å². The standard InChI is InChI=1S/C19H24N4O/c1-2-10-21-19(24)18-14-16(9-11-20-18)22-15-5-7-17(8-6-15)23-12-3-4-13-23/h5-9,11,14H,2-4,10,12-13H2,1H3,(H,20,22)(H,21,24). The summed E-state index contributed by atoms with van der Waals surface area (Å²) in [6.45, 7) is 4.98. The minimum Gasteiger partial charge on any atom is -0.372 e. The third-order valence-corrected chi connectivity index (χ3v) is 4.16. The van der Waals surface area contributed by atoms with Gasteiger partial charge in [-0.15, -0.1) is 0 Å². The van der Waals surface area contributed by atoms with Crippen molar-refractivity contribution in [3.8, 4) is 0 Å². The molecule has 0 bridgehead atoms. The molecule has 3 rings (SSSR count). The molecule has 0 aliphatic carbocycles. The van der Waals surface area contributed by atoms with Gasteiger partial charge in [0.05, 0.1) is 0 Å². The molecule has 126 valence electrons. The molecule has 5 nitrogen and oxygen atoms in total. The lowest BCUT2D eigenvalue weighted by molar-refractivity contribution is 0.0949. The molecule has 1 amide bonds. The van der Waals surface area contributed by atoms with Gasteiger partial charge in [-0.1, -0.05) is 6.92 Å². The molecule has 1 aromatic carbocycles. The number of nitrogens with one attached hydrogen (secondary N) is 2. The van der Waals surface area contributed by atoms with E-state index in [-0.39, 0.29) is 5.91 Å². The van der Waals surface area contributed by atoms with Gasteiger partial charge in [-0.05, 0) is 55.7 Å². The molecule has 1 saturated heterocycles.